The van der Waals surface area contributed by atoms with Crippen molar-refractivity contribution in [3.05, 3.63) is 25.3 Å². The maximum Gasteiger partial charge on any atom is 0.333 e. The molecule has 0 aliphatic carbocycles. The highest BCUT2D eigenvalue weighted by Gasteiger charge is 2.36. The summed E-state index contributed by atoms with van der Waals surface area (Å²) in [5, 5.41) is 0. The van der Waals surface area contributed by atoms with Gasteiger partial charge in [0.1, 0.15) is 0 Å². The van der Waals surface area contributed by atoms with E-state index in [2.05, 4.69) is 13.2 Å². The molecule has 0 saturated carbocycles. The van der Waals surface area contributed by atoms with Gasteiger partial charge >= 0.3 is 11.9 Å². The lowest BCUT2D eigenvalue weighted by Gasteiger charge is -2.32. The SMILES string of the molecule is C=CC(=O)OC(CCC)(CCCC)OC(=O)C=C. The molecule has 0 aromatic heterocycles. The van der Waals surface area contributed by atoms with Crippen molar-refractivity contribution < 1.29 is 19.1 Å². The third kappa shape index (κ3) is 5.66. The lowest BCUT2D eigenvalue weighted by molar-refractivity contribution is -0.228. The van der Waals surface area contributed by atoms with Crippen LogP contribution in [-0.4, -0.2) is 17.7 Å². The molecule has 0 N–H and O–H groups in total. The summed E-state index contributed by atoms with van der Waals surface area (Å²) in [6, 6.07) is 0. The molecule has 18 heavy (non-hydrogen) atoms. The van der Waals surface area contributed by atoms with Gasteiger partial charge in [-0.3, -0.25) is 0 Å². The fourth-order valence-corrected chi connectivity index (χ4v) is 1.63. The van der Waals surface area contributed by atoms with Crippen LogP contribution in [0.15, 0.2) is 25.3 Å². The van der Waals surface area contributed by atoms with Gasteiger partial charge in [-0.25, -0.2) is 9.59 Å². The van der Waals surface area contributed by atoms with Crippen molar-refractivity contribution >= 4 is 11.9 Å². The third-order valence-corrected chi connectivity index (χ3v) is 2.45. The average molecular weight is 254 g/mol. The van der Waals surface area contributed by atoms with E-state index in [1.54, 1.807) is 0 Å². The number of rotatable bonds is 9. The Morgan fingerprint density at radius 2 is 1.50 bits per heavy atom. The molecule has 4 nitrogen and oxygen atoms in total. The molecular weight excluding hydrogens is 232 g/mol. The number of unbranched alkanes of at least 4 members (excludes halogenated alkanes) is 1. The van der Waals surface area contributed by atoms with E-state index in [-0.39, 0.29) is 0 Å². The van der Waals surface area contributed by atoms with Crippen molar-refractivity contribution in [2.75, 3.05) is 0 Å². The van der Waals surface area contributed by atoms with Crippen LogP contribution >= 0.6 is 0 Å². The minimum Gasteiger partial charge on any atom is -0.419 e. The van der Waals surface area contributed by atoms with Gasteiger partial charge in [0, 0.05) is 25.0 Å². The van der Waals surface area contributed by atoms with Gasteiger partial charge in [0.25, 0.3) is 5.79 Å². The summed E-state index contributed by atoms with van der Waals surface area (Å²) >= 11 is 0. The Balaban J connectivity index is 4.97. The van der Waals surface area contributed by atoms with E-state index in [0.717, 1.165) is 31.4 Å². The molecule has 0 unspecified atom stereocenters. The molecule has 0 aliphatic heterocycles. The van der Waals surface area contributed by atoms with Gasteiger partial charge < -0.3 is 9.47 Å². The number of ether oxygens (including phenoxy) is 2. The van der Waals surface area contributed by atoms with Crippen LogP contribution in [0.2, 0.25) is 0 Å². The van der Waals surface area contributed by atoms with Gasteiger partial charge in [-0.05, 0) is 12.8 Å². The van der Waals surface area contributed by atoms with Crippen LogP contribution in [0.25, 0.3) is 0 Å². The van der Waals surface area contributed by atoms with E-state index in [1.807, 2.05) is 13.8 Å². The minimum absolute atomic E-state index is 0.464. The van der Waals surface area contributed by atoms with Gasteiger partial charge in [-0.15, -0.1) is 0 Å². The molecule has 0 radical (unpaired) electrons. The smallest absolute Gasteiger partial charge is 0.333 e. The van der Waals surface area contributed by atoms with E-state index in [9.17, 15) is 9.59 Å². The molecule has 0 aromatic rings. The van der Waals surface area contributed by atoms with Crippen LogP contribution in [0.4, 0.5) is 0 Å². The third-order valence-electron chi connectivity index (χ3n) is 2.45. The van der Waals surface area contributed by atoms with Gasteiger partial charge in [0.15, 0.2) is 0 Å². The maximum absolute atomic E-state index is 11.4. The van der Waals surface area contributed by atoms with Gasteiger partial charge in [0.05, 0.1) is 0 Å². The van der Waals surface area contributed by atoms with Crippen LogP contribution in [0.3, 0.4) is 0 Å². The first-order chi connectivity index (χ1) is 8.53. The predicted octanol–water partition coefficient (Wildman–Crippen LogP) is 3.13. The van der Waals surface area contributed by atoms with E-state index in [4.69, 9.17) is 9.47 Å². The molecule has 0 heterocycles. The Labute approximate surface area is 109 Å². The van der Waals surface area contributed by atoms with Crippen molar-refractivity contribution in [1.29, 1.82) is 0 Å². The van der Waals surface area contributed by atoms with Crippen LogP contribution in [0.5, 0.6) is 0 Å². The Morgan fingerprint density at radius 3 is 1.83 bits per heavy atom. The Kier molecular flexibility index (Phi) is 7.76. The largest absolute Gasteiger partial charge is 0.419 e. The predicted molar refractivity (Wildman–Crippen MR) is 69.7 cm³/mol. The lowest BCUT2D eigenvalue weighted by atomic mass is 10.0. The highest BCUT2D eigenvalue weighted by Crippen LogP contribution is 2.27. The number of hydrogen-bond donors (Lipinski definition) is 0. The zero-order valence-electron chi connectivity index (χ0n) is 11.2. The summed E-state index contributed by atoms with van der Waals surface area (Å²) < 4.78 is 10.5. The van der Waals surface area contributed by atoms with E-state index < -0.39 is 17.7 Å². The van der Waals surface area contributed by atoms with Crippen LogP contribution in [0.1, 0.15) is 46.0 Å². The first-order valence-electron chi connectivity index (χ1n) is 6.24. The van der Waals surface area contributed by atoms with E-state index in [1.165, 1.54) is 0 Å². The average Bonchev–Trinajstić information content (AvgIpc) is 2.36. The molecule has 0 aliphatic rings. The number of esters is 2. The Hall–Kier alpha value is -1.58. The van der Waals surface area contributed by atoms with E-state index >= 15 is 0 Å². The number of carbonyl (C=O) groups excluding carboxylic acids is 2. The monoisotopic (exact) mass is 254 g/mol. The summed E-state index contributed by atoms with van der Waals surface area (Å²) in [6.45, 7) is 10.6. The quantitative estimate of drug-likeness (QED) is 0.360. The Bertz CT molecular complexity index is 285. The second-order valence-corrected chi connectivity index (χ2v) is 4.01. The summed E-state index contributed by atoms with van der Waals surface area (Å²) in [6.07, 6.45) is 5.54. The molecule has 102 valence electrons. The molecule has 4 heteroatoms. The van der Waals surface area contributed by atoms with Crippen molar-refractivity contribution in [3.8, 4) is 0 Å². The highest BCUT2D eigenvalue weighted by molar-refractivity contribution is 5.83. The fourth-order valence-electron chi connectivity index (χ4n) is 1.63. The molecule has 0 amide bonds. The van der Waals surface area contributed by atoms with Crippen LogP contribution in [-0.2, 0) is 19.1 Å². The molecule has 0 rings (SSSR count). The summed E-state index contributed by atoms with van der Waals surface area (Å²) in [5.74, 6) is -2.37. The molecular formula is C14H22O4. The summed E-state index contributed by atoms with van der Waals surface area (Å²) in [4.78, 5) is 22.8. The topological polar surface area (TPSA) is 52.6 Å². The normalized spacial score (nSPS) is 10.6. The second kappa shape index (κ2) is 8.50. The van der Waals surface area contributed by atoms with Gasteiger partial charge in [0.2, 0.25) is 0 Å². The van der Waals surface area contributed by atoms with Crippen molar-refractivity contribution in [3.63, 3.8) is 0 Å². The van der Waals surface area contributed by atoms with Crippen molar-refractivity contribution in [2.45, 2.75) is 51.7 Å². The molecule has 0 saturated heterocycles. The zero-order chi connectivity index (χ0) is 14.0. The van der Waals surface area contributed by atoms with Gasteiger partial charge in [-0.2, -0.15) is 0 Å². The summed E-state index contributed by atoms with van der Waals surface area (Å²) in [5.41, 5.74) is 0. The standard InChI is InChI=1S/C14H22O4/c1-5-9-11-14(10-6-2,17-12(15)7-3)18-13(16)8-4/h7-8H,3-6,9-11H2,1-2H3. The first kappa shape index (κ1) is 16.4. The molecule has 0 fully saturated rings. The molecule has 0 atom stereocenters. The number of carbonyl (C=O) groups is 2. The molecule has 0 bridgehead atoms. The lowest BCUT2D eigenvalue weighted by Crippen LogP contribution is -2.39. The molecule has 0 aromatic carbocycles. The minimum atomic E-state index is -1.19. The second-order valence-electron chi connectivity index (χ2n) is 4.01. The first-order valence-corrected chi connectivity index (χ1v) is 6.24. The maximum atomic E-state index is 11.4. The Morgan fingerprint density at radius 1 is 1.00 bits per heavy atom. The highest BCUT2D eigenvalue weighted by atomic mass is 16.7. The van der Waals surface area contributed by atoms with Crippen LogP contribution in [0, 0.1) is 0 Å². The van der Waals surface area contributed by atoms with Crippen molar-refractivity contribution in [1.82, 2.24) is 0 Å². The van der Waals surface area contributed by atoms with E-state index in [0.29, 0.717) is 12.8 Å². The van der Waals surface area contributed by atoms with Gasteiger partial charge in [-0.1, -0.05) is 33.4 Å². The number of hydrogen-bond acceptors (Lipinski definition) is 4. The summed E-state index contributed by atoms with van der Waals surface area (Å²) in [7, 11) is 0. The molecule has 0 spiro atoms. The van der Waals surface area contributed by atoms with Crippen LogP contribution < -0.4 is 0 Å². The van der Waals surface area contributed by atoms with Crippen molar-refractivity contribution in [2.24, 2.45) is 0 Å². The zero-order valence-corrected chi connectivity index (χ0v) is 11.2. The fraction of sp³-hybridized carbons (Fsp3) is 0.571.